The van der Waals surface area contributed by atoms with Crippen molar-refractivity contribution >= 4 is 17.7 Å². The molecule has 0 saturated carbocycles. The van der Waals surface area contributed by atoms with Gasteiger partial charge in [0.25, 0.3) is 0 Å². The van der Waals surface area contributed by atoms with Crippen LogP contribution in [0, 0.1) is 11.9 Å². The van der Waals surface area contributed by atoms with Gasteiger partial charge in [0.1, 0.15) is 17.8 Å². The smallest absolute Gasteiger partial charge is 0.246 e. The molecule has 0 saturated heterocycles. The maximum Gasteiger partial charge on any atom is 0.246 e. The lowest BCUT2D eigenvalue weighted by molar-refractivity contribution is -0.149. The Morgan fingerprint density at radius 1 is 1.00 bits per heavy atom. The van der Waals surface area contributed by atoms with Crippen LogP contribution in [-0.2, 0) is 32.6 Å². The van der Waals surface area contributed by atoms with E-state index in [0.29, 0.717) is 11.1 Å². The van der Waals surface area contributed by atoms with Gasteiger partial charge in [-0.1, -0.05) is 46.8 Å². The molecule has 0 fully saturated rings. The summed E-state index contributed by atoms with van der Waals surface area (Å²) in [6.45, 7) is 9.46. The molecule has 0 aliphatic heterocycles. The largest absolute Gasteiger partial charge is 0.508 e. The Bertz CT molecular complexity index is 1160. The van der Waals surface area contributed by atoms with Crippen molar-refractivity contribution < 1.29 is 23.9 Å². The molecule has 0 spiro atoms. The summed E-state index contributed by atoms with van der Waals surface area (Å²) in [5.74, 6) is -2.48. The SMILES string of the molecule is CC(C)[C@@H](C(=O)N(C)C(Cc1ccc(O)c(C(C)(C)C)c1)C(N)=O)N(C)C(=O)C(N)Cc1ccnc(F)c1. The monoisotopic (exact) mass is 529 g/mol. The van der Waals surface area contributed by atoms with Crippen LogP contribution >= 0.6 is 0 Å². The number of carbonyl (C=O) groups excluding carboxylic acids is 3. The average Bonchev–Trinajstić information content (AvgIpc) is 2.81. The molecular formula is C28H40FN5O4. The highest BCUT2D eigenvalue weighted by Crippen LogP contribution is 2.31. The molecular weight excluding hydrogens is 489 g/mol. The van der Waals surface area contributed by atoms with Gasteiger partial charge in [-0.15, -0.1) is 0 Å². The Hall–Kier alpha value is -3.53. The van der Waals surface area contributed by atoms with Crippen LogP contribution in [-0.4, -0.2) is 69.8 Å². The lowest BCUT2D eigenvalue weighted by Gasteiger charge is -2.36. The van der Waals surface area contributed by atoms with E-state index < -0.39 is 41.8 Å². The maximum absolute atomic E-state index is 13.7. The van der Waals surface area contributed by atoms with Crippen LogP contribution in [0.3, 0.4) is 0 Å². The number of primary amides is 1. The first-order valence-corrected chi connectivity index (χ1v) is 12.6. The third kappa shape index (κ3) is 7.50. The number of nitrogens with two attached hydrogens (primary N) is 2. The first-order valence-electron chi connectivity index (χ1n) is 12.6. The van der Waals surface area contributed by atoms with E-state index in [2.05, 4.69) is 4.98 Å². The average molecular weight is 530 g/mol. The molecule has 3 amide bonds. The zero-order chi connectivity index (χ0) is 28.9. The van der Waals surface area contributed by atoms with E-state index in [1.54, 1.807) is 38.1 Å². The van der Waals surface area contributed by atoms with Crippen LogP contribution in [0.4, 0.5) is 4.39 Å². The fourth-order valence-electron chi connectivity index (χ4n) is 4.53. The number of amides is 3. The molecule has 3 atom stereocenters. The predicted octanol–water partition coefficient (Wildman–Crippen LogP) is 2.13. The summed E-state index contributed by atoms with van der Waals surface area (Å²) < 4.78 is 13.5. The highest BCUT2D eigenvalue weighted by atomic mass is 19.1. The minimum absolute atomic E-state index is 0.0678. The normalized spacial score (nSPS) is 14.1. The number of rotatable bonds is 10. The van der Waals surface area contributed by atoms with Gasteiger partial charge in [-0.05, 0) is 52.6 Å². The molecule has 1 aromatic heterocycles. The van der Waals surface area contributed by atoms with Gasteiger partial charge in [-0.2, -0.15) is 4.39 Å². The van der Waals surface area contributed by atoms with Crippen LogP contribution in [0.2, 0.25) is 0 Å². The summed E-state index contributed by atoms with van der Waals surface area (Å²) in [6.07, 6.45) is 1.50. The molecule has 2 unspecified atom stereocenters. The number of hydrogen-bond donors (Lipinski definition) is 3. The van der Waals surface area contributed by atoms with Crippen molar-refractivity contribution in [2.24, 2.45) is 17.4 Å². The fraction of sp³-hybridized carbons (Fsp3) is 0.500. The third-order valence-corrected chi connectivity index (χ3v) is 6.65. The van der Waals surface area contributed by atoms with E-state index in [9.17, 15) is 23.9 Å². The number of likely N-dealkylation sites (N-methyl/N-ethyl adjacent to an activating group) is 2. The molecule has 0 aliphatic rings. The summed E-state index contributed by atoms with van der Waals surface area (Å²) in [6, 6.07) is 4.92. The predicted molar refractivity (Wildman–Crippen MR) is 144 cm³/mol. The summed E-state index contributed by atoms with van der Waals surface area (Å²) >= 11 is 0. The molecule has 0 radical (unpaired) electrons. The van der Waals surface area contributed by atoms with E-state index in [4.69, 9.17) is 11.5 Å². The molecule has 0 aliphatic carbocycles. The first kappa shape index (κ1) is 30.7. The number of phenols is 1. The topological polar surface area (TPSA) is 143 Å². The third-order valence-electron chi connectivity index (χ3n) is 6.65. The van der Waals surface area contributed by atoms with Gasteiger partial charge < -0.3 is 26.4 Å². The number of aromatic nitrogens is 1. The molecule has 1 heterocycles. The van der Waals surface area contributed by atoms with E-state index in [1.807, 2.05) is 20.8 Å². The van der Waals surface area contributed by atoms with Crippen molar-refractivity contribution in [2.45, 2.75) is 71.0 Å². The second-order valence-electron chi connectivity index (χ2n) is 11.1. The van der Waals surface area contributed by atoms with Gasteiger partial charge >= 0.3 is 0 Å². The molecule has 2 aromatic rings. The quantitative estimate of drug-likeness (QED) is 0.403. The van der Waals surface area contributed by atoms with Crippen molar-refractivity contribution in [1.29, 1.82) is 0 Å². The number of aromatic hydroxyl groups is 1. The Balaban J connectivity index is 2.27. The zero-order valence-electron chi connectivity index (χ0n) is 23.2. The molecule has 0 bridgehead atoms. The lowest BCUT2D eigenvalue weighted by atomic mass is 9.84. The van der Waals surface area contributed by atoms with Gasteiger partial charge in [0.05, 0.1) is 6.04 Å². The number of pyridine rings is 1. The second-order valence-corrected chi connectivity index (χ2v) is 11.1. The van der Waals surface area contributed by atoms with E-state index >= 15 is 0 Å². The molecule has 2 rings (SSSR count). The molecule has 5 N–H and O–H groups in total. The standard InChI is InChI=1S/C28H40FN5O4/c1-16(2)24(34(7)26(37)20(30)13-18-10-11-32-23(29)15-18)27(38)33(6)21(25(31)36)14-17-8-9-22(35)19(12-17)28(3,4)5/h8-12,15-16,20-21,24,35H,13-14,30H2,1-7H3,(H2,31,36)/t20?,21?,24-/m0/s1. The molecule has 9 nitrogen and oxygen atoms in total. The minimum Gasteiger partial charge on any atom is -0.508 e. The lowest BCUT2D eigenvalue weighted by Crippen LogP contribution is -2.58. The fourth-order valence-corrected chi connectivity index (χ4v) is 4.53. The van der Waals surface area contributed by atoms with E-state index in [-0.39, 0.29) is 29.9 Å². The number of phenolic OH excluding ortho intramolecular Hbond substituents is 1. The van der Waals surface area contributed by atoms with Crippen molar-refractivity contribution in [1.82, 2.24) is 14.8 Å². The van der Waals surface area contributed by atoms with Crippen LogP contribution in [0.15, 0.2) is 36.5 Å². The Labute approximate surface area is 224 Å². The zero-order valence-corrected chi connectivity index (χ0v) is 23.2. The maximum atomic E-state index is 13.7. The van der Waals surface area contributed by atoms with E-state index in [0.717, 1.165) is 5.56 Å². The number of benzene rings is 1. The summed E-state index contributed by atoms with van der Waals surface area (Å²) in [5.41, 5.74) is 13.5. The van der Waals surface area contributed by atoms with Crippen LogP contribution in [0.1, 0.15) is 51.3 Å². The van der Waals surface area contributed by atoms with E-state index in [1.165, 1.54) is 36.2 Å². The summed E-state index contributed by atoms with van der Waals surface area (Å²) in [5, 5.41) is 10.3. The van der Waals surface area contributed by atoms with Gasteiger partial charge in [0, 0.05) is 26.7 Å². The van der Waals surface area contributed by atoms with Gasteiger partial charge in [0.15, 0.2) is 0 Å². The molecule has 1 aromatic carbocycles. The van der Waals surface area contributed by atoms with Crippen molar-refractivity contribution in [3.63, 3.8) is 0 Å². The summed E-state index contributed by atoms with van der Waals surface area (Å²) in [4.78, 5) is 45.4. The number of carbonyl (C=O) groups is 3. The molecule has 10 heteroatoms. The number of halogens is 1. The number of hydrogen-bond acceptors (Lipinski definition) is 6. The van der Waals surface area contributed by atoms with Gasteiger partial charge in [0.2, 0.25) is 23.7 Å². The highest BCUT2D eigenvalue weighted by molar-refractivity contribution is 5.93. The Kier molecular flexibility index (Phi) is 9.97. The van der Waals surface area contributed by atoms with Gasteiger partial charge in [-0.25, -0.2) is 4.98 Å². The van der Waals surface area contributed by atoms with Crippen LogP contribution in [0.5, 0.6) is 5.75 Å². The molecule has 208 valence electrons. The Morgan fingerprint density at radius 2 is 1.61 bits per heavy atom. The van der Waals surface area contributed by atoms with Crippen LogP contribution in [0.25, 0.3) is 0 Å². The molecule has 38 heavy (non-hydrogen) atoms. The number of nitrogens with zero attached hydrogens (tertiary/aromatic N) is 3. The van der Waals surface area contributed by atoms with Crippen LogP contribution < -0.4 is 11.5 Å². The Morgan fingerprint density at radius 3 is 2.13 bits per heavy atom. The van der Waals surface area contributed by atoms with Crippen molar-refractivity contribution in [2.75, 3.05) is 14.1 Å². The second kappa shape index (κ2) is 12.3. The minimum atomic E-state index is -1.01. The van der Waals surface area contributed by atoms with Gasteiger partial charge in [-0.3, -0.25) is 14.4 Å². The van der Waals surface area contributed by atoms with Crippen molar-refractivity contribution in [3.8, 4) is 5.75 Å². The summed E-state index contributed by atoms with van der Waals surface area (Å²) in [7, 11) is 2.97. The first-order chi connectivity index (χ1) is 17.5. The highest BCUT2D eigenvalue weighted by Gasteiger charge is 2.37. The van der Waals surface area contributed by atoms with Crippen molar-refractivity contribution in [3.05, 3.63) is 59.2 Å².